The van der Waals surface area contributed by atoms with E-state index in [0.29, 0.717) is 43.2 Å². The molecule has 0 unspecified atom stereocenters. The lowest BCUT2D eigenvalue weighted by molar-refractivity contribution is 0.0303. The number of hydrogen-bond donors (Lipinski definition) is 0. The van der Waals surface area contributed by atoms with Gasteiger partial charge < -0.3 is 14.4 Å². The van der Waals surface area contributed by atoms with Crippen molar-refractivity contribution in [1.82, 2.24) is 9.21 Å². The first-order valence-electron chi connectivity index (χ1n) is 9.65. The van der Waals surface area contributed by atoms with Gasteiger partial charge in [0.25, 0.3) is 5.91 Å². The molecule has 2 aromatic rings. The highest BCUT2D eigenvalue weighted by molar-refractivity contribution is 7.89. The predicted octanol–water partition coefficient (Wildman–Crippen LogP) is 2.05. The second kappa shape index (κ2) is 8.14. The average Bonchev–Trinajstić information content (AvgIpc) is 2.96. The molecule has 4 rings (SSSR count). The summed E-state index contributed by atoms with van der Waals surface area (Å²) in [7, 11) is -3.66. The highest BCUT2D eigenvalue weighted by atomic mass is 32.2. The molecule has 154 valence electrons. The largest absolute Gasteiger partial charge is 0.492 e. The minimum Gasteiger partial charge on any atom is -0.492 e. The maximum Gasteiger partial charge on any atom is 0.254 e. The summed E-state index contributed by atoms with van der Waals surface area (Å²) < 4.78 is 38.7. The Kier molecular flexibility index (Phi) is 5.58. The van der Waals surface area contributed by atoms with E-state index in [4.69, 9.17) is 9.47 Å². The summed E-state index contributed by atoms with van der Waals surface area (Å²) in [5.41, 5.74) is 2.22. The molecule has 8 heteroatoms. The number of rotatable bonds is 3. The molecule has 0 aliphatic carbocycles. The highest BCUT2D eigenvalue weighted by Gasteiger charge is 2.28. The van der Waals surface area contributed by atoms with E-state index >= 15 is 0 Å². The summed E-state index contributed by atoms with van der Waals surface area (Å²) in [4.78, 5) is 14.8. The Hall–Kier alpha value is -2.42. The normalized spacial score (nSPS) is 17.9. The second-order valence-electron chi connectivity index (χ2n) is 7.23. The molecule has 2 aliphatic heterocycles. The molecular formula is C21H24N2O5S. The molecule has 0 N–H and O–H groups in total. The molecule has 1 amide bonds. The lowest BCUT2D eigenvalue weighted by Crippen LogP contribution is -2.40. The Morgan fingerprint density at radius 2 is 1.69 bits per heavy atom. The van der Waals surface area contributed by atoms with Crippen LogP contribution in [0.2, 0.25) is 0 Å². The van der Waals surface area contributed by atoms with Gasteiger partial charge >= 0.3 is 0 Å². The molecule has 0 saturated carbocycles. The van der Waals surface area contributed by atoms with Crippen LogP contribution in [-0.4, -0.2) is 63.0 Å². The average molecular weight is 416 g/mol. The van der Waals surface area contributed by atoms with E-state index in [1.54, 1.807) is 47.4 Å². The third-order valence-electron chi connectivity index (χ3n) is 5.21. The van der Waals surface area contributed by atoms with Crippen molar-refractivity contribution in [3.63, 3.8) is 0 Å². The number of nitrogens with zero attached hydrogens (tertiary/aromatic N) is 2. The van der Waals surface area contributed by atoms with Gasteiger partial charge in [0.05, 0.1) is 18.1 Å². The summed E-state index contributed by atoms with van der Waals surface area (Å²) in [5, 5.41) is 0. The van der Waals surface area contributed by atoms with Crippen molar-refractivity contribution in [2.24, 2.45) is 0 Å². The van der Waals surface area contributed by atoms with Gasteiger partial charge in [0.2, 0.25) is 10.0 Å². The van der Waals surface area contributed by atoms with Gasteiger partial charge in [-0.15, -0.1) is 0 Å². The number of fused-ring (bicyclic) bond motifs is 1. The van der Waals surface area contributed by atoms with E-state index < -0.39 is 10.0 Å². The van der Waals surface area contributed by atoms with Crippen molar-refractivity contribution >= 4 is 15.9 Å². The minimum atomic E-state index is -3.66. The van der Waals surface area contributed by atoms with Crippen LogP contribution in [0.5, 0.6) is 5.75 Å². The van der Waals surface area contributed by atoms with Gasteiger partial charge in [-0.3, -0.25) is 4.79 Å². The van der Waals surface area contributed by atoms with Crippen LogP contribution in [0.3, 0.4) is 0 Å². The number of amides is 1. The van der Waals surface area contributed by atoms with Crippen LogP contribution in [0.1, 0.15) is 21.5 Å². The van der Waals surface area contributed by atoms with Gasteiger partial charge in [-0.1, -0.05) is 17.7 Å². The number of morpholine rings is 1. The number of ether oxygens (including phenoxy) is 2. The predicted molar refractivity (Wildman–Crippen MR) is 107 cm³/mol. The van der Waals surface area contributed by atoms with E-state index in [9.17, 15) is 13.2 Å². The lowest BCUT2D eigenvalue weighted by atomic mass is 10.1. The standard InChI is InChI=1S/C21H24N2O5S/c1-16-2-5-19(6-3-16)29(25,26)23-10-13-28-20-7-4-17(14-18(20)15-23)21(24)22-8-11-27-12-9-22/h2-7,14H,8-13,15H2,1H3. The molecule has 7 nitrogen and oxygen atoms in total. The van der Waals surface area contributed by atoms with Crippen LogP contribution >= 0.6 is 0 Å². The monoisotopic (exact) mass is 416 g/mol. The van der Waals surface area contributed by atoms with Crippen LogP contribution in [0.25, 0.3) is 0 Å². The number of benzene rings is 2. The maximum absolute atomic E-state index is 13.1. The summed E-state index contributed by atoms with van der Waals surface area (Å²) in [6.07, 6.45) is 0. The number of carbonyl (C=O) groups excluding carboxylic acids is 1. The smallest absolute Gasteiger partial charge is 0.254 e. The number of sulfonamides is 1. The molecule has 1 saturated heterocycles. The van der Waals surface area contributed by atoms with Crippen LogP contribution < -0.4 is 4.74 Å². The van der Waals surface area contributed by atoms with Crippen LogP contribution in [0.4, 0.5) is 0 Å². The summed E-state index contributed by atoms with van der Waals surface area (Å²) >= 11 is 0. The summed E-state index contributed by atoms with van der Waals surface area (Å²) in [6, 6.07) is 12.1. The Morgan fingerprint density at radius 1 is 0.966 bits per heavy atom. The van der Waals surface area contributed by atoms with Gasteiger partial charge in [0, 0.05) is 37.3 Å². The van der Waals surface area contributed by atoms with Crippen molar-refractivity contribution in [3.05, 3.63) is 59.2 Å². The van der Waals surface area contributed by atoms with Gasteiger partial charge in [-0.2, -0.15) is 4.31 Å². The molecule has 29 heavy (non-hydrogen) atoms. The third kappa shape index (κ3) is 4.14. The van der Waals surface area contributed by atoms with Crippen molar-refractivity contribution in [2.45, 2.75) is 18.4 Å². The molecule has 0 aromatic heterocycles. The van der Waals surface area contributed by atoms with E-state index in [0.717, 1.165) is 5.56 Å². The number of aryl methyl sites for hydroxylation is 1. The zero-order chi connectivity index (χ0) is 20.4. The summed E-state index contributed by atoms with van der Waals surface area (Å²) in [6.45, 7) is 4.76. The SMILES string of the molecule is Cc1ccc(S(=O)(=O)N2CCOc3ccc(C(=O)N4CCOCC4)cc3C2)cc1. The Labute approximate surface area is 170 Å². The lowest BCUT2D eigenvalue weighted by Gasteiger charge is -2.27. The summed E-state index contributed by atoms with van der Waals surface area (Å²) in [5.74, 6) is 0.540. The molecule has 0 atom stereocenters. The molecular weight excluding hydrogens is 392 g/mol. The van der Waals surface area contributed by atoms with E-state index in [1.165, 1.54) is 4.31 Å². The first kappa shape index (κ1) is 19.9. The Bertz CT molecular complexity index is 998. The van der Waals surface area contributed by atoms with Crippen molar-refractivity contribution in [3.8, 4) is 5.75 Å². The molecule has 0 spiro atoms. The highest BCUT2D eigenvalue weighted by Crippen LogP contribution is 2.28. The van der Waals surface area contributed by atoms with E-state index in [-0.39, 0.29) is 30.5 Å². The van der Waals surface area contributed by atoms with E-state index in [2.05, 4.69) is 0 Å². The fourth-order valence-corrected chi connectivity index (χ4v) is 4.92. The van der Waals surface area contributed by atoms with Crippen molar-refractivity contribution < 1.29 is 22.7 Å². The van der Waals surface area contributed by atoms with Gasteiger partial charge in [0.1, 0.15) is 12.4 Å². The fourth-order valence-electron chi connectivity index (χ4n) is 3.52. The van der Waals surface area contributed by atoms with Gasteiger partial charge in [-0.25, -0.2) is 8.42 Å². The molecule has 0 bridgehead atoms. The first-order chi connectivity index (χ1) is 13.9. The second-order valence-corrected chi connectivity index (χ2v) is 9.17. The minimum absolute atomic E-state index is 0.0757. The van der Waals surface area contributed by atoms with Crippen LogP contribution in [0, 0.1) is 6.92 Å². The van der Waals surface area contributed by atoms with E-state index in [1.807, 2.05) is 6.92 Å². The maximum atomic E-state index is 13.1. The van der Waals surface area contributed by atoms with Crippen LogP contribution in [0.15, 0.2) is 47.4 Å². The number of hydrogen-bond acceptors (Lipinski definition) is 5. The zero-order valence-electron chi connectivity index (χ0n) is 16.3. The van der Waals surface area contributed by atoms with Crippen LogP contribution in [-0.2, 0) is 21.3 Å². The topological polar surface area (TPSA) is 76.2 Å². The Morgan fingerprint density at radius 3 is 2.41 bits per heavy atom. The molecule has 2 aliphatic rings. The van der Waals surface area contributed by atoms with Gasteiger partial charge in [0.15, 0.2) is 0 Å². The molecule has 2 heterocycles. The molecule has 1 fully saturated rings. The fraction of sp³-hybridized carbons (Fsp3) is 0.381. The van der Waals surface area contributed by atoms with Crippen molar-refractivity contribution in [1.29, 1.82) is 0 Å². The van der Waals surface area contributed by atoms with Crippen molar-refractivity contribution in [2.75, 3.05) is 39.5 Å². The molecule has 2 aromatic carbocycles. The molecule has 0 radical (unpaired) electrons. The third-order valence-corrected chi connectivity index (χ3v) is 7.07. The van der Waals surface area contributed by atoms with Gasteiger partial charge in [-0.05, 0) is 37.3 Å². The first-order valence-corrected chi connectivity index (χ1v) is 11.1. The quantitative estimate of drug-likeness (QED) is 0.766. The number of carbonyl (C=O) groups is 1. The Balaban J connectivity index is 1.60. The zero-order valence-corrected chi connectivity index (χ0v) is 17.2.